The first-order valence-electron chi connectivity index (χ1n) is 5.57. The average molecular weight is 184 g/mol. The summed E-state index contributed by atoms with van der Waals surface area (Å²) in [5, 5.41) is 0. The third kappa shape index (κ3) is 0.943. The van der Waals surface area contributed by atoms with E-state index in [2.05, 4.69) is 26.0 Å². The maximum Gasteiger partial charge on any atom is -0.00523 e. The van der Waals surface area contributed by atoms with Crippen LogP contribution in [0, 0.1) is 13.8 Å². The van der Waals surface area contributed by atoms with E-state index < -0.39 is 0 Å². The summed E-state index contributed by atoms with van der Waals surface area (Å²) < 4.78 is 0. The van der Waals surface area contributed by atoms with Crippen LogP contribution in [0.1, 0.15) is 41.5 Å². The van der Waals surface area contributed by atoms with Gasteiger partial charge in [-0.15, -0.1) is 0 Å². The number of fused-ring (bicyclic) bond motifs is 2. The molecular weight excluding hydrogens is 168 g/mol. The Balaban J connectivity index is 2.25. The Kier molecular flexibility index (Phi) is 1.61. The molecule has 2 aliphatic carbocycles. The SMILES string of the molecule is Cc1ccc(C)c2c1CC1=C2CCC1. The molecule has 1 aromatic rings. The van der Waals surface area contributed by atoms with Crippen molar-refractivity contribution in [1.29, 1.82) is 0 Å². The van der Waals surface area contributed by atoms with Gasteiger partial charge < -0.3 is 0 Å². The van der Waals surface area contributed by atoms with Crippen LogP contribution in [0.3, 0.4) is 0 Å². The summed E-state index contributed by atoms with van der Waals surface area (Å²) in [5.74, 6) is 0. The van der Waals surface area contributed by atoms with Gasteiger partial charge in [0.2, 0.25) is 0 Å². The molecule has 0 aromatic heterocycles. The molecule has 14 heavy (non-hydrogen) atoms. The van der Waals surface area contributed by atoms with Gasteiger partial charge in [0.1, 0.15) is 0 Å². The molecular formula is C14H16. The Morgan fingerprint density at radius 2 is 1.79 bits per heavy atom. The van der Waals surface area contributed by atoms with Gasteiger partial charge in [-0.25, -0.2) is 0 Å². The Bertz CT molecular complexity index is 436. The van der Waals surface area contributed by atoms with Crippen molar-refractivity contribution in [3.63, 3.8) is 0 Å². The Morgan fingerprint density at radius 3 is 2.64 bits per heavy atom. The number of benzene rings is 1. The third-order valence-corrected chi connectivity index (χ3v) is 3.78. The first-order valence-corrected chi connectivity index (χ1v) is 5.57. The zero-order chi connectivity index (χ0) is 9.71. The van der Waals surface area contributed by atoms with Crippen LogP contribution in [0.15, 0.2) is 17.7 Å². The second-order valence-corrected chi connectivity index (χ2v) is 4.67. The van der Waals surface area contributed by atoms with Gasteiger partial charge >= 0.3 is 0 Å². The van der Waals surface area contributed by atoms with Gasteiger partial charge in [0, 0.05) is 0 Å². The molecule has 3 rings (SSSR count). The van der Waals surface area contributed by atoms with Crippen molar-refractivity contribution in [3.8, 4) is 0 Å². The minimum absolute atomic E-state index is 1.25. The molecule has 0 fully saturated rings. The van der Waals surface area contributed by atoms with Crippen LogP contribution < -0.4 is 0 Å². The van der Waals surface area contributed by atoms with Crippen LogP contribution >= 0.6 is 0 Å². The molecule has 1 aromatic carbocycles. The highest BCUT2D eigenvalue weighted by Crippen LogP contribution is 2.45. The van der Waals surface area contributed by atoms with Crippen LogP contribution in [0.5, 0.6) is 0 Å². The van der Waals surface area contributed by atoms with E-state index in [4.69, 9.17) is 0 Å². The second kappa shape index (κ2) is 2.73. The normalized spacial score (nSPS) is 18.7. The van der Waals surface area contributed by atoms with Gasteiger partial charge in [0.25, 0.3) is 0 Å². The molecule has 0 spiro atoms. The third-order valence-electron chi connectivity index (χ3n) is 3.78. The molecule has 0 heteroatoms. The zero-order valence-corrected chi connectivity index (χ0v) is 8.98. The van der Waals surface area contributed by atoms with Crippen LogP contribution in [-0.4, -0.2) is 0 Å². The summed E-state index contributed by atoms with van der Waals surface area (Å²) in [4.78, 5) is 0. The van der Waals surface area contributed by atoms with E-state index in [0.717, 1.165) is 0 Å². The number of rotatable bonds is 0. The molecule has 0 bridgehead atoms. The molecule has 2 aliphatic rings. The van der Waals surface area contributed by atoms with Crippen molar-refractivity contribution in [2.75, 3.05) is 0 Å². The standard InChI is InChI=1S/C14H16/c1-9-6-7-10(2)14-12-5-3-4-11(12)8-13(9)14/h6-7H,3-5,8H2,1-2H3. The first-order chi connectivity index (χ1) is 6.77. The fourth-order valence-corrected chi connectivity index (χ4v) is 3.03. The van der Waals surface area contributed by atoms with Gasteiger partial charge in [-0.1, -0.05) is 17.7 Å². The van der Waals surface area contributed by atoms with Gasteiger partial charge in [-0.2, -0.15) is 0 Å². The van der Waals surface area contributed by atoms with Crippen molar-refractivity contribution in [2.24, 2.45) is 0 Å². The van der Waals surface area contributed by atoms with E-state index >= 15 is 0 Å². The molecule has 0 aliphatic heterocycles. The Labute approximate surface area is 85.6 Å². The number of allylic oxidation sites excluding steroid dienone is 2. The van der Waals surface area contributed by atoms with E-state index in [9.17, 15) is 0 Å². The maximum atomic E-state index is 2.28. The Hall–Kier alpha value is -1.04. The molecule has 0 nitrogen and oxygen atoms in total. The minimum atomic E-state index is 1.25. The highest BCUT2D eigenvalue weighted by molar-refractivity contribution is 5.80. The maximum absolute atomic E-state index is 2.28. The van der Waals surface area contributed by atoms with Crippen LogP contribution in [-0.2, 0) is 6.42 Å². The van der Waals surface area contributed by atoms with E-state index in [1.165, 1.54) is 36.8 Å². The summed E-state index contributed by atoms with van der Waals surface area (Å²) in [6, 6.07) is 4.55. The smallest absolute Gasteiger partial charge is 0.00523 e. The molecule has 0 atom stereocenters. The zero-order valence-electron chi connectivity index (χ0n) is 8.98. The summed E-state index contributed by atoms with van der Waals surface area (Å²) in [7, 11) is 0. The first kappa shape index (κ1) is 8.28. The fraction of sp³-hybridized carbons (Fsp3) is 0.429. The second-order valence-electron chi connectivity index (χ2n) is 4.67. The van der Waals surface area contributed by atoms with E-state index in [-0.39, 0.29) is 0 Å². The average Bonchev–Trinajstić information content (AvgIpc) is 2.70. The van der Waals surface area contributed by atoms with Crippen LogP contribution in [0.2, 0.25) is 0 Å². The minimum Gasteiger partial charge on any atom is -0.0620 e. The molecule has 0 unspecified atom stereocenters. The van der Waals surface area contributed by atoms with Crippen molar-refractivity contribution >= 4 is 5.57 Å². The lowest BCUT2D eigenvalue weighted by atomic mass is 9.94. The molecule has 0 N–H and O–H groups in total. The summed E-state index contributed by atoms with van der Waals surface area (Å²) >= 11 is 0. The van der Waals surface area contributed by atoms with Crippen molar-refractivity contribution in [3.05, 3.63) is 40.0 Å². The lowest BCUT2D eigenvalue weighted by Gasteiger charge is -2.10. The van der Waals surface area contributed by atoms with E-state index in [1.54, 1.807) is 22.3 Å². The molecule has 0 amide bonds. The van der Waals surface area contributed by atoms with E-state index in [1.807, 2.05) is 0 Å². The van der Waals surface area contributed by atoms with Crippen molar-refractivity contribution < 1.29 is 0 Å². The predicted octanol–water partition coefficient (Wildman–Crippen LogP) is 3.80. The number of hydrogen-bond donors (Lipinski definition) is 0. The Morgan fingerprint density at radius 1 is 1.00 bits per heavy atom. The summed E-state index contributed by atoms with van der Waals surface area (Å²) in [5.41, 5.74) is 9.63. The van der Waals surface area contributed by atoms with E-state index in [0.29, 0.717) is 0 Å². The van der Waals surface area contributed by atoms with Gasteiger partial charge in [0.05, 0.1) is 0 Å². The fourth-order valence-electron chi connectivity index (χ4n) is 3.03. The van der Waals surface area contributed by atoms with Crippen LogP contribution in [0.25, 0.3) is 5.57 Å². The lowest BCUT2D eigenvalue weighted by Crippen LogP contribution is -1.94. The van der Waals surface area contributed by atoms with Crippen molar-refractivity contribution in [2.45, 2.75) is 39.5 Å². The monoisotopic (exact) mass is 184 g/mol. The summed E-state index contributed by atoms with van der Waals surface area (Å²) in [6.45, 7) is 4.51. The largest absolute Gasteiger partial charge is 0.0620 e. The molecule has 0 saturated carbocycles. The topological polar surface area (TPSA) is 0 Å². The van der Waals surface area contributed by atoms with Gasteiger partial charge in [-0.3, -0.25) is 0 Å². The number of hydrogen-bond acceptors (Lipinski definition) is 0. The molecule has 0 saturated heterocycles. The number of aryl methyl sites for hydroxylation is 2. The van der Waals surface area contributed by atoms with Crippen molar-refractivity contribution in [1.82, 2.24) is 0 Å². The summed E-state index contributed by atoms with van der Waals surface area (Å²) in [6.07, 6.45) is 5.31. The van der Waals surface area contributed by atoms with Gasteiger partial charge in [-0.05, 0) is 67.4 Å². The molecule has 72 valence electrons. The highest BCUT2D eigenvalue weighted by Gasteiger charge is 2.27. The lowest BCUT2D eigenvalue weighted by molar-refractivity contribution is 0.879. The molecule has 0 heterocycles. The quantitative estimate of drug-likeness (QED) is 0.575. The molecule has 0 radical (unpaired) electrons. The highest BCUT2D eigenvalue weighted by atomic mass is 14.3. The van der Waals surface area contributed by atoms with Gasteiger partial charge in [0.15, 0.2) is 0 Å². The predicted molar refractivity (Wildman–Crippen MR) is 60.4 cm³/mol. The van der Waals surface area contributed by atoms with Crippen LogP contribution in [0.4, 0.5) is 0 Å².